The first-order valence-electron chi connectivity index (χ1n) is 20.6. The van der Waals surface area contributed by atoms with E-state index >= 15 is 0 Å². The Labute approximate surface area is 352 Å². The predicted octanol–water partition coefficient (Wildman–Crippen LogP) is 5.00. The second-order valence-corrected chi connectivity index (χ2v) is 21.5. The Hall–Kier alpha value is -2.70. The maximum absolute atomic E-state index is 13.2. The molecule has 6 fully saturated rings. The lowest BCUT2D eigenvalue weighted by Crippen LogP contribution is -2.57. The second-order valence-electron chi connectivity index (χ2n) is 16.9. The number of piperidine rings is 4. The first-order valence-corrected chi connectivity index (χ1v) is 24.2. The molecule has 4 unspecified atom stereocenters. The summed E-state index contributed by atoms with van der Waals surface area (Å²) >= 11 is 12.2. The van der Waals surface area contributed by atoms with Gasteiger partial charge in [0.2, 0.25) is 20.0 Å². The third-order valence-electron chi connectivity index (χ3n) is 13.0. The Balaban J connectivity index is 0.000000177. The molecule has 14 nitrogen and oxygen atoms in total. The summed E-state index contributed by atoms with van der Waals surface area (Å²) < 4.78 is 55.5. The maximum Gasteiger partial charge on any atom is 0.318 e. The van der Waals surface area contributed by atoms with Crippen molar-refractivity contribution in [1.82, 2.24) is 29.0 Å². The molecule has 4 N–H and O–H groups in total. The van der Waals surface area contributed by atoms with Gasteiger partial charge in [-0.25, -0.2) is 26.4 Å². The molecule has 6 saturated heterocycles. The van der Waals surface area contributed by atoms with E-state index in [4.69, 9.17) is 23.2 Å². The molecule has 6 aliphatic rings. The van der Waals surface area contributed by atoms with E-state index in [0.29, 0.717) is 72.8 Å². The van der Waals surface area contributed by atoms with Crippen LogP contribution in [0.2, 0.25) is 10.0 Å². The van der Waals surface area contributed by atoms with Crippen LogP contribution in [0.15, 0.2) is 46.2 Å². The first kappa shape index (κ1) is 43.4. The predicted molar refractivity (Wildman–Crippen MR) is 221 cm³/mol. The van der Waals surface area contributed by atoms with Crippen molar-refractivity contribution in [3.63, 3.8) is 0 Å². The van der Waals surface area contributed by atoms with Crippen LogP contribution in [0.4, 0.5) is 9.59 Å². The summed E-state index contributed by atoms with van der Waals surface area (Å²) in [7, 11) is -7.35. The maximum atomic E-state index is 13.2. The van der Waals surface area contributed by atoms with Gasteiger partial charge in [-0.3, -0.25) is 0 Å². The number of carbonyl (C=O) groups is 2. The summed E-state index contributed by atoms with van der Waals surface area (Å²) in [4.78, 5) is 30.0. The average molecular weight is 884 g/mol. The third kappa shape index (κ3) is 9.00. The minimum atomic E-state index is -3.67. The number of benzene rings is 2. The Bertz CT molecular complexity index is 1900. The van der Waals surface area contributed by atoms with Crippen LogP contribution in [0.5, 0.6) is 0 Å². The largest absolute Gasteiger partial charge is 0.393 e. The van der Waals surface area contributed by atoms with Crippen molar-refractivity contribution in [1.29, 1.82) is 0 Å². The van der Waals surface area contributed by atoms with E-state index in [9.17, 15) is 36.6 Å². The fourth-order valence-electron chi connectivity index (χ4n) is 10.0. The van der Waals surface area contributed by atoms with Crippen LogP contribution < -0.4 is 10.6 Å². The fourth-order valence-corrected chi connectivity index (χ4v) is 14.0. The molecular formula is C40H56Cl2N6O8S2. The number of nitrogens with zero attached hydrogens (tertiary/aromatic N) is 4. The minimum absolute atomic E-state index is 0.0845. The Morgan fingerprint density at radius 2 is 0.948 bits per heavy atom. The number of rotatable bonds is 6. The van der Waals surface area contributed by atoms with Gasteiger partial charge in [-0.15, -0.1) is 0 Å². The van der Waals surface area contributed by atoms with E-state index in [1.807, 2.05) is 9.80 Å². The zero-order valence-electron chi connectivity index (χ0n) is 33.1. The molecule has 2 aromatic carbocycles. The number of nitrogens with one attached hydrogen (secondary N) is 2. The van der Waals surface area contributed by atoms with Gasteiger partial charge in [0.15, 0.2) is 0 Å². The normalized spacial score (nSPS) is 30.4. The van der Waals surface area contributed by atoms with Crippen molar-refractivity contribution in [2.45, 2.75) is 149 Å². The summed E-state index contributed by atoms with van der Waals surface area (Å²) in [5.41, 5.74) is 1.09. The summed E-state index contributed by atoms with van der Waals surface area (Å²) in [5, 5.41) is 26.9. The van der Waals surface area contributed by atoms with Crippen molar-refractivity contribution in [3.05, 3.63) is 57.6 Å². The molecule has 18 heteroatoms. The number of hydrogen-bond donors (Lipinski definition) is 4. The highest BCUT2D eigenvalue weighted by Gasteiger charge is 2.45. The lowest BCUT2D eigenvalue weighted by molar-refractivity contribution is 0.0520. The number of halogens is 2. The quantitative estimate of drug-likeness (QED) is 0.313. The van der Waals surface area contributed by atoms with Crippen molar-refractivity contribution >= 4 is 55.3 Å². The van der Waals surface area contributed by atoms with Gasteiger partial charge in [0, 0.05) is 72.5 Å². The highest BCUT2D eigenvalue weighted by Crippen LogP contribution is 2.37. The average Bonchev–Trinajstić information content (AvgIpc) is 3.63. The zero-order valence-corrected chi connectivity index (χ0v) is 36.2. The van der Waals surface area contributed by atoms with E-state index < -0.39 is 20.0 Å². The van der Waals surface area contributed by atoms with Crippen LogP contribution in [-0.2, 0) is 20.0 Å². The van der Waals surface area contributed by atoms with E-state index in [2.05, 4.69) is 10.6 Å². The summed E-state index contributed by atoms with van der Waals surface area (Å²) in [6.45, 7) is 4.79. The summed E-state index contributed by atoms with van der Waals surface area (Å²) in [6.07, 6.45) is 8.44. The van der Waals surface area contributed by atoms with Crippen molar-refractivity contribution in [2.75, 3.05) is 26.2 Å². The molecule has 2 aromatic rings. The number of aliphatic hydroxyl groups is 2. The number of sulfonamides is 2. The van der Waals surface area contributed by atoms with E-state index in [0.717, 1.165) is 38.5 Å². The fraction of sp³-hybridized carbons (Fsp3) is 0.650. The van der Waals surface area contributed by atoms with Gasteiger partial charge >= 0.3 is 12.1 Å². The van der Waals surface area contributed by atoms with Crippen LogP contribution in [0, 0.1) is 13.8 Å². The van der Waals surface area contributed by atoms with E-state index in [1.54, 1.807) is 50.2 Å². The molecule has 320 valence electrons. The molecule has 6 aliphatic heterocycles. The molecule has 58 heavy (non-hydrogen) atoms. The molecule has 6 atom stereocenters. The van der Waals surface area contributed by atoms with Gasteiger partial charge in [0.25, 0.3) is 0 Å². The topological polar surface area (TPSA) is 180 Å². The third-order valence-corrected chi connectivity index (χ3v) is 17.8. The summed E-state index contributed by atoms with van der Waals surface area (Å²) in [5.74, 6) is 0. The number of hydrogen-bond acceptors (Lipinski definition) is 8. The monoisotopic (exact) mass is 882 g/mol. The van der Waals surface area contributed by atoms with Crippen LogP contribution in [0.3, 0.4) is 0 Å². The second kappa shape index (κ2) is 17.7. The van der Waals surface area contributed by atoms with E-state index in [-0.39, 0.29) is 83.4 Å². The van der Waals surface area contributed by atoms with Crippen LogP contribution in [0.1, 0.15) is 88.2 Å². The van der Waals surface area contributed by atoms with Crippen molar-refractivity contribution in [2.24, 2.45) is 0 Å². The molecule has 0 aromatic heterocycles. The molecule has 6 heterocycles. The molecule has 0 radical (unpaired) electrons. The number of urea groups is 2. The molecule has 0 saturated carbocycles. The number of fused-ring (bicyclic) bond motifs is 4. The van der Waals surface area contributed by atoms with Gasteiger partial charge in [-0.1, -0.05) is 35.3 Å². The van der Waals surface area contributed by atoms with Crippen molar-refractivity contribution < 1.29 is 36.6 Å². The molecule has 4 bridgehead atoms. The summed E-state index contributed by atoms with van der Waals surface area (Å²) in [6, 6.07) is 9.43. The Morgan fingerprint density at radius 1 is 0.603 bits per heavy atom. The highest BCUT2D eigenvalue weighted by atomic mass is 35.5. The number of carbonyl (C=O) groups excluding carboxylic acids is 2. The Kier molecular flexibility index (Phi) is 13.3. The van der Waals surface area contributed by atoms with Gasteiger partial charge in [0.1, 0.15) is 0 Å². The van der Waals surface area contributed by atoms with Gasteiger partial charge in [-0.2, -0.15) is 8.61 Å². The van der Waals surface area contributed by atoms with Gasteiger partial charge in [-0.05, 0) is 126 Å². The van der Waals surface area contributed by atoms with Crippen molar-refractivity contribution in [3.8, 4) is 0 Å². The standard InChI is InChI=1S/2C20H28ClN3O4S/c2*1-13-18(21)5-2-6-19(13)29(27,28)23-9-3-4-14(12-23)22-20(26)24-15-7-8-16(24)11-17(25)10-15/h2*2,5-6,14-17,25H,3-4,7-12H2,1H3,(H,22,26)/t2*14-,15?,16?,17?/m00/s1. The SMILES string of the molecule is Cc1c(Cl)cccc1S(=O)(=O)N1CCC[C@H](NC(=O)N2C3CCC2CC(O)C3)C1.Cc1c(Cl)cccc1S(=O)(=O)N1CCC[C@H](NC(=O)N2C3CCC2CC(O)C3)C1. The molecule has 0 spiro atoms. The number of amides is 4. The number of aliphatic hydroxyl groups excluding tert-OH is 2. The minimum Gasteiger partial charge on any atom is -0.393 e. The van der Waals surface area contributed by atoms with Crippen LogP contribution in [-0.4, -0.2) is 132 Å². The highest BCUT2D eigenvalue weighted by molar-refractivity contribution is 7.89. The van der Waals surface area contributed by atoms with E-state index in [1.165, 1.54) is 8.61 Å². The lowest BCUT2D eigenvalue weighted by Gasteiger charge is -2.39. The molecule has 8 rings (SSSR count). The lowest BCUT2D eigenvalue weighted by atomic mass is 10.0. The van der Waals surface area contributed by atoms with Gasteiger partial charge < -0.3 is 30.6 Å². The molecule has 4 amide bonds. The Morgan fingerprint density at radius 3 is 1.29 bits per heavy atom. The molecular weight excluding hydrogens is 828 g/mol. The first-order chi connectivity index (χ1) is 27.5. The smallest absolute Gasteiger partial charge is 0.318 e. The molecule has 0 aliphatic carbocycles. The zero-order chi connectivity index (χ0) is 41.5. The van der Waals surface area contributed by atoms with Crippen LogP contribution >= 0.6 is 23.2 Å². The van der Waals surface area contributed by atoms with Gasteiger partial charge in [0.05, 0.1) is 22.0 Å². The van der Waals surface area contributed by atoms with Crippen LogP contribution in [0.25, 0.3) is 0 Å².